The lowest BCUT2D eigenvalue weighted by molar-refractivity contribution is -0.136. The summed E-state index contributed by atoms with van der Waals surface area (Å²) in [5, 5.41) is 4.99. The van der Waals surface area contributed by atoms with Crippen LogP contribution in [0.1, 0.15) is 11.1 Å². The minimum atomic E-state index is -0.755. The Kier molecular flexibility index (Phi) is 5.87. The van der Waals surface area contributed by atoms with Crippen molar-refractivity contribution in [1.29, 1.82) is 0 Å². The number of rotatable bonds is 4. The van der Waals surface area contributed by atoms with E-state index >= 15 is 0 Å². The summed E-state index contributed by atoms with van der Waals surface area (Å²) in [5.41, 5.74) is 2.05. The van der Waals surface area contributed by atoms with Gasteiger partial charge in [-0.05, 0) is 42.7 Å². The highest BCUT2D eigenvalue weighted by Gasteiger charge is 2.13. The van der Waals surface area contributed by atoms with Gasteiger partial charge in [-0.15, -0.1) is 0 Å². The molecule has 0 fully saturated rings. The number of halogens is 2. The molecule has 0 unspecified atom stereocenters. The van der Waals surface area contributed by atoms with Gasteiger partial charge in [0.05, 0.1) is 0 Å². The van der Waals surface area contributed by atoms with Crippen molar-refractivity contribution in [3.8, 4) is 0 Å². The van der Waals surface area contributed by atoms with Crippen molar-refractivity contribution in [3.05, 3.63) is 63.9 Å². The molecule has 23 heavy (non-hydrogen) atoms. The quantitative estimate of drug-likeness (QED) is 0.802. The van der Waals surface area contributed by atoms with E-state index in [0.29, 0.717) is 17.7 Å². The summed E-state index contributed by atoms with van der Waals surface area (Å²) < 4.78 is 14.3. The second-order valence-electron chi connectivity index (χ2n) is 5.02. The van der Waals surface area contributed by atoms with Gasteiger partial charge in [-0.3, -0.25) is 9.59 Å². The van der Waals surface area contributed by atoms with Crippen LogP contribution in [0.25, 0.3) is 0 Å². The first-order valence-corrected chi connectivity index (χ1v) is 7.85. The maximum Gasteiger partial charge on any atom is 0.313 e. The number of aryl methyl sites for hydroxylation is 1. The van der Waals surface area contributed by atoms with E-state index in [2.05, 4.69) is 26.6 Å². The SMILES string of the molecule is Cc1ccc(NC(=O)C(=O)NCCc2ccccc2F)cc1Br. The molecular weight excluding hydrogens is 363 g/mol. The molecule has 2 N–H and O–H groups in total. The molecule has 6 heteroatoms. The zero-order valence-corrected chi connectivity index (χ0v) is 14.1. The van der Waals surface area contributed by atoms with Crippen molar-refractivity contribution in [3.63, 3.8) is 0 Å². The smallest absolute Gasteiger partial charge is 0.313 e. The number of nitrogens with one attached hydrogen (secondary N) is 2. The molecule has 0 radical (unpaired) electrons. The molecule has 0 aromatic heterocycles. The molecule has 0 atom stereocenters. The van der Waals surface area contributed by atoms with Gasteiger partial charge >= 0.3 is 11.8 Å². The predicted molar refractivity (Wildman–Crippen MR) is 90.6 cm³/mol. The highest BCUT2D eigenvalue weighted by molar-refractivity contribution is 9.10. The molecule has 120 valence electrons. The van der Waals surface area contributed by atoms with Crippen molar-refractivity contribution < 1.29 is 14.0 Å². The van der Waals surface area contributed by atoms with Crippen LogP contribution in [0, 0.1) is 12.7 Å². The third kappa shape index (κ3) is 4.89. The Morgan fingerprint density at radius 2 is 1.87 bits per heavy atom. The zero-order chi connectivity index (χ0) is 16.8. The van der Waals surface area contributed by atoms with Crippen LogP contribution in [0.4, 0.5) is 10.1 Å². The molecule has 0 saturated carbocycles. The largest absolute Gasteiger partial charge is 0.347 e. The summed E-state index contributed by atoms with van der Waals surface area (Å²) in [5.74, 6) is -1.83. The van der Waals surface area contributed by atoms with Crippen molar-refractivity contribution in [2.75, 3.05) is 11.9 Å². The summed E-state index contributed by atoms with van der Waals surface area (Å²) >= 11 is 3.36. The molecule has 2 aromatic rings. The molecule has 4 nitrogen and oxygen atoms in total. The highest BCUT2D eigenvalue weighted by Crippen LogP contribution is 2.20. The minimum Gasteiger partial charge on any atom is -0.347 e. The number of carbonyl (C=O) groups is 2. The van der Waals surface area contributed by atoms with Gasteiger partial charge in [0, 0.05) is 16.7 Å². The number of hydrogen-bond acceptors (Lipinski definition) is 2. The number of amides is 2. The number of hydrogen-bond donors (Lipinski definition) is 2. The van der Waals surface area contributed by atoms with Crippen molar-refractivity contribution in [1.82, 2.24) is 5.32 Å². The van der Waals surface area contributed by atoms with Crippen LogP contribution in [0.2, 0.25) is 0 Å². The second kappa shape index (κ2) is 7.87. The van der Waals surface area contributed by atoms with Crippen LogP contribution in [-0.2, 0) is 16.0 Å². The molecule has 0 aliphatic carbocycles. The first-order chi connectivity index (χ1) is 11.0. The Balaban J connectivity index is 1.84. The summed E-state index contributed by atoms with van der Waals surface area (Å²) in [7, 11) is 0. The van der Waals surface area contributed by atoms with Crippen LogP contribution >= 0.6 is 15.9 Å². The van der Waals surface area contributed by atoms with E-state index in [4.69, 9.17) is 0 Å². The van der Waals surface area contributed by atoms with Crippen LogP contribution in [0.5, 0.6) is 0 Å². The normalized spacial score (nSPS) is 10.2. The maximum atomic E-state index is 13.4. The lowest BCUT2D eigenvalue weighted by Gasteiger charge is -2.08. The molecule has 0 aliphatic rings. The van der Waals surface area contributed by atoms with Crippen LogP contribution in [0.3, 0.4) is 0 Å². The van der Waals surface area contributed by atoms with Gasteiger partial charge in [0.15, 0.2) is 0 Å². The molecule has 0 heterocycles. The molecule has 2 aromatic carbocycles. The van der Waals surface area contributed by atoms with Gasteiger partial charge in [-0.25, -0.2) is 4.39 Å². The van der Waals surface area contributed by atoms with Crippen LogP contribution in [-0.4, -0.2) is 18.4 Å². The Morgan fingerprint density at radius 3 is 2.57 bits per heavy atom. The fraction of sp³-hybridized carbons (Fsp3) is 0.176. The van der Waals surface area contributed by atoms with Gasteiger partial charge < -0.3 is 10.6 Å². The zero-order valence-electron chi connectivity index (χ0n) is 12.5. The first-order valence-electron chi connectivity index (χ1n) is 7.06. The average molecular weight is 379 g/mol. The van der Waals surface area contributed by atoms with Crippen molar-refractivity contribution in [2.24, 2.45) is 0 Å². The standard InChI is InChI=1S/C17H16BrFN2O2/c1-11-6-7-13(10-14(11)18)21-17(23)16(22)20-9-8-12-4-2-3-5-15(12)19/h2-7,10H,8-9H2,1H3,(H,20,22)(H,21,23). The monoisotopic (exact) mass is 378 g/mol. The van der Waals surface area contributed by atoms with E-state index in [9.17, 15) is 14.0 Å². The third-order valence-electron chi connectivity index (χ3n) is 3.27. The lowest BCUT2D eigenvalue weighted by Crippen LogP contribution is -2.36. The van der Waals surface area contributed by atoms with Crippen LogP contribution < -0.4 is 10.6 Å². The third-order valence-corrected chi connectivity index (χ3v) is 4.13. The Bertz CT molecular complexity index is 734. The Labute approximate surface area is 142 Å². The van der Waals surface area contributed by atoms with E-state index in [1.165, 1.54) is 6.07 Å². The van der Waals surface area contributed by atoms with Gasteiger partial charge in [0.1, 0.15) is 5.82 Å². The van der Waals surface area contributed by atoms with E-state index in [1.54, 1.807) is 30.3 Å². The summed E-state index contributed by atoms with van der Waals surface area (Å²) in [4.78, 5) is 23.6. The topological polar surface area (TPSA) is 58.2 Å². The summed E-state index contributed by atoms with van der Waals surface area (Å²) in [6.07, 6.45) is 0.321. The van der Waals surface area contributed by atoms with Gasteiger partial charge in [0.25, 0.3) is 0 Å². The van der Waals surface area contributed by atoms with E-state index in [1.807, 2.05) is 13.0 Å². The first kappa shape index (κ1) is 17.1. The number of anilines is 1. The molecule has 0 saturated heterocycles. The van der Waals surface area contributed by atoms with E-state index in [-0.39, 0.29) is 12.4 Å². The highest BCUT2D eigenvalue weighted by atomic mass is 79.9. The average Bonchev–Trinajstić information content (AvgIpc) is 2.52. The molecule has 2 amide bonds. The number of carbonyl (C=O) groups excluding carboxylic acids is 2. The van der Waals surface area contributed by atoms with Crippen LogP contribution in [0.15, 0.2) is 46.9 Å². The van der Waals surface area contributed by atoms with E-state index < -0.39 is 11.8 Å². The Hall–Kier alpha value is -2.21. The lowest BCUT2D eigenvalue weighted by atomic mass is 10.1. The second-order valence-corrected chi connectivity index (χ2v) is 5.87. The predicted octanol–water partition coefficient (Wildman–Crippen LogP) is 3.19. The van der Waals surface area contributed by atoms with E-state index in [0.717, 1.165) is 10.0 Å². The molecule has 0 aliphatic heterocycles. The van der Waals surface area contributed by atoms with Crippen molar-refractivity contribution in [2.45, 2.75) is 13.3 Å². The molecule has 0 spiro atoms. The van der Waals surface area contributed by atoms with Gasteiger partial charge in [-0.2, -0.15) is 0 Å². The maximum absolute atomic E-state index is 13.4. The minimum absolute atomic E-state index is 0.185. The fourth-order valence-electron chi connectivity index (χ4n) is 1.95. The molecule has 0 bridgehead atoms. The summed E-state index contributed by atoms with van der Waals surface area (Å²) in [6.45, 7) is 2.11. The van der Waals surface area contributed by atoms with Gasteiger partial charge in [0.2, 0.25) is 0 Å². The Morgan fingerprint density at radius 1 is 1.13 bits per heavy atom. The molecule has 2 rings (SSSR count). The van der Waals surface area contributed by atoms with Crippen molar-refractivity contribution >= 4 is 33.4 Å². The fourth-order valence-corrected chi connectivity index (χ4v) is 2.33. The molecular formula is C17H16BrFN2O2. The summed E-state index contributed by atoms with van der Waals surface area (Å²) in [6, 6.07) is 11.6. The number of benzene rings is 2. The van der Waals surface area contributed by atoms with Gasteiger partial charge in [-0.1, -0.05) is 40.2 Å².